The summed E-state index contributed by atoms with van der Waals surface area (Å²) in [4.78, 5) is 31.3. The molecule has 2 fully saturated rings. The molecule has 0 spiro atoms. The molecule has 0 atom stereocenters. The zero-order valence-corrected chi connectivity index (χ0v) is 19.5. The maximum Gasteiger partial charge on any atom is 0.272 e. The molecule has 2 aromatic heterocycles. The average molecular weight is 478 g/mol. The van der Waals surface area contributed by atoms with Crippen molar-refractivity contribution in [2.24, 2.45) is 7.05 Å². The highest BCUT2D eigenvalue weighted by Gasteiger charge is 2.23. The molecule has 1 N–H and O–H groups in total. The fourth-order valence-corrected chi connectivity index (χ4v) is 3.87. The molecular weight excluding hydrogens is 450 g/mol. The molecule has 10 heteroatoms. The Morgan fingerprint density at radius 1 is 1.06 bits per heavy atom. The number of benzene rings is 1. The highest BCUT2D eigenvalue weighted by atomic mass is 16.5. The van der Waals surface area contributed by atoms with Crippen molar-refractivity contribution in [1.29, 1.82) is 0 Å². The third-order valence-electron chi connectivity index (χ3n) is 5.90. The number of pyridine rings is 1. The van der Waals surface area contributed by atoms with E-state index in [1.54, 1.807) is 59.2 Å². The van der Waals surface area contributed by atoms with Gasteiger partial charge in [0.25, 0.3) is 11.8 Å². The summed E-state index contributed by atoms with van der Waals surface area (Å²) in [6.45, 7) is 2.81. The number of ether oxygens (including phenoxy) is 3. The van der Waals surface area contributed by atoms with Crippen LogP contribution in [0.15, 0.2) is 48.8 Å². The lowest BCUT2D eigenvalue weighted by Gasteiger charge is -2.30. The second-order valence-corrected chi connectivity index (χ2v) is 8.58. The van der Waals surface area contributed by atoms with Gasteiger partial charge in [-0.3, -0.25) is 14.3 Å². The van der Waals surface area contributed by atoms with Gasteiger partial charge in [0, 0.05) is 56.9 Å². The van der Waals surface area contributed by atoms with Crippen LogP contribution in [0.3, 0.4) is 0 Å². The lowest BCUT2D eigenvalue weighted by molar-refractivity contribution is 0.0255. The fraction of sp³-hybridized carbons (Fsp3) is 0.360. The van der Waals surface area contributed by atoms with E-state index in [0.29, 0.717) is 47.5 Å². The van der Waals surface area contributed by atoms with Gasteiger partial charge in [-0.15, -0.1) is 0 Å². The number of aromatic nitrogens is 3. The van der Waals surface area contributed by atoms with E-state index in [0.717, 1.165) is 32.4 Å². The van der Waals surface area contributed by atoms with Gasteiger partial charge in [0.2, 0.25) is 0 Å². The Bertz CT molecular complexity index is 1200. The quantitative estimate of drug-likeness (QED) is 0.556. The van der Waals surface area contributed by atoms with Crippen molar-refractivity contribution in [1.82, 2.24) is 19.7 Å². The number of aryl methyl sites for hydroxylation is 1. The summed E-state index contributed by atoms with van der Waals surface area (Å²) in [7, 11) is 1.78. The number of amides is 2. The maximum atomic E-state index is 12.9. The van der Waals surface area contributed by atoms with Crippen LogP contribution in [0.5, 0.6) is 17.2 Å². The Hall–Kier alpha value is -3.92. The molecule has 0 unspecified atom stereocenters. The zero-order chi connectivity index (χ0) is 24.2. The first kappa shape index (κ1) is 22.9. The van der Waals surface area contributed by atoms with Crippen molar-refractivity contribution in [3.05, 3.63) is 60.0 Å². The van der Waals surface area contributed by atoms with Gasteiger partial charge in [-0.25, -0.2) is 4.98 Å². The van der Waals surface area contributed by atoms with E-state index in [9.17, 15) is 9.59 Å². The first-order valence-corrected chi connectivity index (χ1v) is 11.7. The Balaban J connectivity index is 1.35. The summed E-state index contributed by atoms with van der Waals surface area (Å²) in [5.74, 6) is 1.43. The molecule has 35 heavy (non-hydrogen) atoms. The largest absolute Gasteiger partial charge is 0.490 e. The topological polar surface area (TPSA) is 108 Å². The molecule has 10 nitrogen and oxygen atoms in total. The Morgan fingerprint density at radius 3 is 2.51 bits per heavy atom. The molecule has 3 aromatic rings. The van der Waals surface area contributed by atoms with Gasteiger partial charge in [-0.05, 0) is 30.7 Å². The molecule has 0 saturated carbocycles. The summed E-state index contributed by atoms with van der Waals surface area (Å²) in [6, 6.07) is 10.1. The maximum absolute atomic E-state index is 12.9. The predicted octanol–water partition coefficient (Wildman–Crippen LogP) is 3.26. The number of anilines is 1. The van der Waals surface area contributed by atoms with Crippen molar-refractivity contribution in [3.8, 4) is 17.2 Å². The van der Waals surface area contributed by atoms with Crippen LogP contribution in [-0.2, 0) is 11.8 Å². The second kappa shape index (κ2) is 10.1. The van der Waals surface area contributed by atoms with Crippen LogP contribution in [0.25, 0.3) is 0 Å². The summed E-state index contributed by atoms with van der Waals surface area (Å²) < 4.78 is 19.2. The third kappa shape index (κ3) is 5.60. The summed E-state index contributed by atoms with van der Waals surface area (Å²) in [5.41, 5.74) is 0.747. The third-order valence-corrected chi connectivity index (χ3v) is 5.90. The first-order chi connectivity index (χ1) is 17.0. The summed E-state index contributed by atoms with van der Waals surface area (Å²) >= 11 is 0. The molecule has 2 aliphatic rings. The van der Waals surface area contributed by atoms with Crippen LogP contribution in [0.4, 0.5) is 5.82 Å². The van der Waals surface area contributed by atoms with Gasteiger partial charge < -0.3 is 24.4 Å². The van der Waals surface area contributed by atoms with Crippen LogP contribution in [0.1, 0.15) is 40.1 Å². The normalized spacial score (nSPS) is 15.9. The summed E-state index contributed by atoms with van der Waals surface area (Å²) in [5, 5.41) is 6.98. The standard InChI is InChI=1S/C25H27N5O5/c1-29-10-5-23(28-29)27-24(31)17-13-20(34-18-6-11-33-12-7-18)15-21(14-17)35-19-3-4-22(26-16-19)25(32)30-8-2-9-30/h3-5,10,13-16,18H,2,6-9,11-12H2,1H3,(H,27,28,31). The Labute approximate surface area is 202 Å². The van der Waals surface area contributed by atoms with Gasteiger partial charge in [0.05, 0.1) is 19.4 Å². The number of hydrogen-bond donors (Lipinski definition) is 1. The first-order valence-electron chi connectivity index (χ1n) is 11.7. The molecule has 0 bridgehead atoms. The number of rotatable bonds is 7. The molecule has 5 rings (SSSR count). The Kier molecular flexibility index (Phi) is 6.62. The molecule has 0 radical (unpaired) electrons. The molecule has 4 heterocycles. The number of nitrogens with zero attached hydrogens (tertiary/aromatic N) is 4. The molecular formula is C25H27N5O5. The second-order valence-electron chi connectivity index (χ2n) is 8.58. The van der Waals surface area contributed by atoms with Crippen LogP contribution in [-0.4, -0.2) is 63.9 Å². The van der Waals surface area contributed by atoms with Gasteiger partial charge in [0.15, 0.2) is 5.82 Å². The van der Waals surface area contributed by atoms with E-state index in [1.807, 2.05) is 0 Å². The number of hydrogen-bond acceptors (Lipinski definition) is 7. The van der Waals surface area contributed by atoms with Crippen LogP contribution >= 0.6 is 0 Å². The van der Waals surface area contributed by atoms with E-state index in [4.69, 9.17) is 14.2 Å². The molecule has 0 aliphatic carbocycles. The van der Waals surface area contributed by atoms with Crippen LogP contribution in [0, 0.1) is 0 Å². The van der Waals surface area contributed by atoms with E-state index in [2.05, 4.69) is 15.4 Å². The van der Waals surface area contributed by atoms with Gasteiger partial charge in [0.1, 0.15) is 29.0 Å². The minimum atomic E-state index is -0.334. The minimum Gasteiger partial charge on any atom is -0.490 e. The van der Waals surface area contributed by atoms with Crippen molar-refractivity contribution in [2.45, 2.75) is 25.4 Å². The van der Waals surface area contributed by atoms with Gasteiger partial charge >= 0.3 is 0 Å². The molecule has 2 amide bonds. The van der Waals surface area contributed by atoms with E-state index >= 15 is 0 Å². The minimum absolute atomic E-state index is 0.000769. The fourth-order valence-electron chi connectivity index (χ4n) is 3.87. The lowest BCUT2D eigenvalue weighted by atomic mass is 10.1. The number of carbonyl (C=O) groups is 2. The summed E-state index contributed by atoms with van der Waals surface area (Å²) in [6.07, 6.45) is 5.83. The Morgan fingerprint density at radius 2 is 1.86 bits per heavy atom. The molecule has 1 aromatic carbocycles. The van der Waals surface area contributed by atoms with Crippen LogP contribution in [0.2, 0.25) is 0 Å². The highest BCUT2D eigenvalue weighted by Crippen LogP contribution is 2.29. The number of nitrogens with one attached hydrogen (secondary N) is 1. The van der Waals surface area contributed by atoms with E-state index in [-0.39, 0.29) is 17.9 Å². The van der Waals surface area contributed by atoms with E-state index in [1.165, 1.54) is 6.20 Å². The SMILES string of the molecule is Cn1ccc(NC(=O)c2cc(Oc3ccc(C(=O)N4CCC4)nc3)cc(OC3CCOCC3)c2)n1. The predicted molar refractivity (Wildman–Crippen MR) is 127 cm³/mol. The van der Waals surface area contributed by atoms with E-state index < -0.39 is 0 Å². The number of likely N-dealkylation sites (tertiary alicyclic amines) is 1. The van der Waals surface area contributed by atoms with Gasteiger partial charge in [-0.1, -0.05) is 0 Å². The average Bonchev–Trinajstić information content (AvgIpc) is 3.23. The number of carbonyl (C=O) groups excluding carboxylic acids is 2. The van der Waals surface area contributed by atoms with Crippen molar-refractivity contribution in [3.63, 3.8) is 0 Å². The molecule has 2 saturated heterocycles. The zero-order valence-electron chi connectivity index (χ0n) is 19.5. The smallest absolute Gasteiger partial charge is 0.272 e. The lowest BCUT2D eigenvalue weighted by Crippen LogP contribution is -2.42. The van der Waals surface area contributed by atoms with Crippen molar-refractivity contribution < 1.29 is 23.8 Å². The van der Waals surface area contributed by atoms with Crippen LogP contribution < -0.4 is 14.8 Å². The monoisotopic (exact) mass is 477 g/mol. The van der Waals surface area contributed by atoms with Crippen molar-refractivity contribution in [2.75, 3.05) is 31.6 Å². The van der Waals surface area contributed by atoms with Gasteiger partial charge in [-0.2, -0.15) is 5.10 Å². The molecule has 2 aliphatic heterocycles. The van der Waals surface area contributed by atoms with Crippen molar-refractivity contribution >= 4 is 17.6 Å². The molecule has 182 valence electrons. The highest BCUT2D eigenvalue weighted by molar-refractivity contribution is 6.04.